The molecule has 3 rings (SSSR count). The number of carbonyl (C=O) groups is 1. The van der Waals surface area contributed by atoms with Gasteiger partial charge >= 0.3 is 5.97 Å². The van der Waals surface area contributed by atoms with E-state index in [2.05, 4.69) is 20.8 Å². The highest BCUT2D eigenvalue weighted by molar-refractivity contribution is 5.92. The lowest BCUT2D eigenvalue weighted by atomic mass is 9.95. The Morgan fingerprint density at radius 1 is 1.32 bits per heavy atom. The molecule has 2 aromatic rings. The summed E-state index contributed by atoms with van der Waals surface area (Å²) in [6.45, 7) is 5.94. The normalized spacial score (nSPS) is 17.0. The molecule has 1 N–H and O–H groups in total. The Bertz CT molecular complexity index is 733. The number of aromatic nitrogens is 4. The Labute approximate surface area is 128 Å². The number of allylic oxidation sites excluding steroid dienone is 1. The number of nitrogens with one attached hydrogen (secondary N) is 1. The molecule has 1 aliphatic heterocycles. The standard InChI is InChI=1S/C15H17N5O2/c1-4-22-14(21)12-10(3)16-15-17-18-19-20(15)13(12)11-7-5-9(2)6-8-11/h5-8,13H,4H2,1-3H3,(H,16,17,19). The minimum atomic E-state index is -0.397. The molecule has 0 spiro atoms. The smallest absolute Gasteiger partial charge is 0.338 e. The summed E-state index contributed by atoms with van der Waals surface area (Å²) in [4.78, 5) is 12.4. The van der Waals surface area contributed by atoms with E-state index in [1.807, 2.05) is 38.1 Å². The molecule has 22 heavy (non-hydrogen) atoms. The van der Waals surface area contributed by atoms with Gasteiger partial charge in [-0.2, -0.15) is 4.68 Å². The zero-order valence-corrected chi connectivity index (χ0v) is 12.7. The maximum absolute atomic E-state index is 12.4. The van der Waals surface area contributed by atoms with Gasteiger partial charge in [0.15, 0.2) is 0 Å². The van der Waals surface area contributed by atoms with E-state index in [4.69, 9.17) is 4.74 Å². The Morgan fingerprint density at radius 2 is 2.05 bits per heavy atom. The molecule has 7 nitrogen and oxygen atoms in total. The fraction of sp³-hybridized carbons (Fsp3) is 0.333. The molecule has 0 aliphatic carbocycles. The molecule has 1 aromatic carbocycles. The summed E-state index contributed by atoms with van der Waals surface area (Å²) in [7, 11) is 0. The number of fused-ring (bicyclic) bond motifs is 1. The summed E-state index contributed by atoms with van der Waals surface area (Å²) in [5.41, 5.74) is 3.30. The minimum absolute atomic E-state index is 0.318. The third-order valence-electron chi connectivity index (χ3n) is 3.60. The fourth-order valence-corrected chi connectivity index (χ4v) is 2.54. The van der Waals surface area contributed by atoms with Crippen molar-refractivity contribution in [2.45, 2.75) is 26.8 Å². The van der Waals surface area contributed by atoms with E-state index in [0.717, 1.165) is 11.1 Å². The molecule has 0 amide bonds. The molecular weight excluding hydrogens is 282 g/mol. The van der Waals surface area contributed by atoms with Gasteiger partial charge in [0.2, 0.25) is 5.95 Å². The van der Waals surface area contributed by atoms with Crippen LogP contribution in [0.25, 0.3) is 0 Å². The van der Waals surface area contributed by atoms with Gasteiger partial charge in [0.1, 0.15) is 6.04 Å². The fourth-order valence-electron chi connectivity index (χ4n) is 2.54. The Kier molecular flexibility index (Phi) is 3.62. The average molecular weight is 299 g/mol. The van der Waals surface area contributed by atoms with Gasteiger partial charge in [0, 0.05) is 5.70 Å². The number of carbonyl (C=O) groups excluding carboxylic acids is 1. The number of esters is 1. The highest BCUT2D eigenvalue weighted by Gasteiger charge is 2.34. The van der Waals surface area contributed by atoms with Crippen molar-refractivity contribution in [3.05, 3.63) is 46.7 Å². The Hall–Kier alpha value is -2.70. The summed E-state index contributed by atoms with van der Waals surface area (Å²) in [6, 6.07) is 7.55. The van der Waals surface area contributed by atoms with Crippen molar-refractivity contribution in [3.8, 4) is 0 Å². The van der Waals surface area contributed by atoms with Crippen LogP contribution < -0.4 is 5.32 Å². The van der Waals surface area contributed by atoms with Crippen molar-refractivity contribution in [2.75, 3.05) is 11.9 Å². The minimum Gasteiger partial charge on any atom is -0.463 e. The number of ether oxygens (including phenoxy) is 1. The predicted molar refractivity (Wildman–Crippen MR) is 80.1 cm³/mol. The molecule has 0 radical (unpaired) electrons. The second-order valence-electron chi connectivity index (χ2n) is 5.14. The second-order valence-corrected chi connectivity index (χ2v) is 5.14. The summed E-state index contributed by atoms with van der Waals surface area (Å²) >= 11 is 0. The number of benzene rings is 1. The van der Waals surface area contributed by atoms with Crippen LogP contribution in [0.15, 0.2) is 35.5 Å². The van der Waals surface area contributed by atoms with Crippen LogP contribution in [0.3, 0.4) is 0 Å². The molecule has 114 valence electrons. The van der Waals surface area contributed by atoms with E-state index in [9.17, 15) is 4.79 Å². The van der Waals surface area contributed by atoms with Crippen LogP contribution in [-0.2, 0) is 9.53 Å². The lowest BCUT2D eigenvalue weighted by Gasteiger charge is -2.27. The largest absolute Gasteiger partial charge is 0.463 e. The summed E-state index contributed by atoms with van der Waals surface area (Å²) in [5.74, 6) is 0.148. The first-order valence-electron chi connectivity index (χ1n) is 7.11. The van der Waals surface area contributed by atoms with E-state index in [1.54, 1.807) is 11.6 Å². The van der Waals surface area contributed by atoms with Crippen molar-refractivity contribution in [1.29, 1.82) is 0 Å². The van der Waals surface area contributed by atoms with E-state index in [-0.39, 0.29) is 5.97 Å². The molecule has 1 unspecified atom stereocenters. The van der Waals surface area contributed by atoms with Crippen LogP contribution in [-0.4, -0.2) is 32.8 Å². The monoisotopic (exact) mass is 299 g/mol. The van der Waals surface area contributed by atoms with Gasteiger partial charge in [-0.3, -0.25) is 0 Å². The molecule has 0 saturated carbocycles. The van der Waals surface area contributed by atoms with Gasteiger partial charge < -0.3 is 10.1 Å². The highest BCUT2D eigenvalue weighted by Crippen LogP contribution is 2.34. The summed E-state index contributed by atoms with van der Waals surface area (Å²) in [5, 5.41) is 14.7. The second kappa shape index (κ2) is 5.59. The Balaban J connectivity index is 2.13. The average Bonchev–Trinajstić information content (AvgIpc) is 2.94. The molecule has 1 aromatic heterocycles. The van der Waals surface area contributed by atoms with E-state index >= 15 is 0 Å². The maximum atomic E-state index is 12.4. The van der Waals surface area contributed by atoms with Crippen molar-refractivity contribution in [1.82, 2.24) is 20.2 Å². The predicted octanol–water partition coefficient (Wildman–Crippen LogP) is 1.83. The van der Waals surface area contributed by atoms with Crippen LogP contribution in [0.1, 0.15) is 31.0 Å². The van der Waals surface area contributed by atoms with Crippen LogP contribution in [0.4, 0.5) is 5.95 Å². The van der Waals surface area contributed by atoms with Gasteiger partial charge in [0.25, 0.3) is 0 Å². The van der Waals surface area contributed by atoms with Gasteiger partial charge in [-0.1, -0.05) is 34.9 Å². The van der Waals surface area contributed by atoms with Crippen LogP contribution >= 0.6 is 0 Å². The maximum Gasteiger partial charge on any atom is 0.338 e. The number of hydrogen-bond donors (Lipinski definition) is 1. The highest BCUT2D eigenvalue weighted by atomic mass is 16.5. The number of rotatable bonds is 3. The van der Waals surface area contributed by atoms with Crippen LogP contribution in [0, 0.1) is 6.92 Å². The number of tetrazole rings is 1. The van der Waals surface area contributed by atoms with E-state index in [0.29, 0.717) is 23.8 Å². The molecule has 0 saturated heterocycles. The quantitative estimate of drug-likeness (QED) is 0.871. The molecule has 7 heteroatoms. The van der Waals surface area contributed by atoms with Gasteiger partial charge in [-0.25, -0.2) is 4.79 Å². The molecule has 1 atom stereocenters. The molecular formula is C15H17N5O2. The van der Waals surface area contributed by atoms with Gasteiger partial charge in [-0.05, 0) is 36.8 Å². The number of anilines is 1. The number of hydrogen-bond acceptors (Lipinski definition) is 6. The van der Waals surface area contributed by atoms with E-state index in [1.165, 1.54) is 0 Å². The van der Waals surface area contributed by atoms with Gasteiger partial charge in [-0.15, -0.1) is 0 Å². The summed E-state index contributed by atoms with van der Waals surface area (Å²) in [6.07, 6.45) is 0. The first-order chi connectivity index (χ1) is 10.6. The van der Waals surface area contributed by atoms with Crippen molar-refractivity contribution in [3.63, 3.8) is 0 Å². The third-order valence-corrected chi connectivity index (χ3v) is 3.60. The van der Waals surface area contributed by atoms with Crippen LogP contribution in [0.5, 0.6) is 0 Å². The zero-order chi connectivity index (χ0) is 15.7. The molecule has 2 heterocycles. The third kappa shape index (κ3) is 2.34. The van der Waals surface area contributed by atoms with Crippen LogP contribution in [0.2, 0.25) is 0 Å². The van der Waals surface area contributed by atoms with Gasteiger partial charge in [0.05, 0.1) is 12.2 Å². The van der Waals surface area contributed by atoms with Crippen molar-refractivity contribution in [2.24, 2.45) is 0 Å². The first kappa shape index (κ1) is 14.2. The SMILES string of the molecule is CCOC(=O)C1=C(C)Nc2nnnn2C1c1ccc(C)cc1. The molecule has 0 fully saturated rings. The lowest BCUT2D eigenvalue weighted by Crippen LogP contribution is -2.29. The molecule has 1 aliphatic rings. The van der Waals surface area contributed by atoms with E-state index < -0.39 is 6.04 Å². The zero-order valence-electron chi connectivity index (χ0n) is 12.7. The molecule has 0 bridgehead atoms. The van der Waals surface area contributed by atoms with Crippen molar-refractivity contribution < 1.29 is 9.53 Å². The summed E-state index contributed by atoms with van der Waals surface area (Å²) < 4.78 is 6.80. The lowest BCUT2D eigenvalue weighted by molar-refractivity contribution is -0.139. The number of nitrogens with zero attached hydrogens (tertiary/aromatic N) is 4. The Morgan fingerprint density at radius 3 is 2.73 bits per heavy atom. The topological polar surface area (TPSA) is 81.9 Å². The first-order valence-corrected chi connectivity index (χ1v) is 7.11. The number of aryl methyl sites for hydroxylation is 1. The van der Waals surface area contributed by atoms with Crippen molar-refractivity contribution >= 4 is 11.9 Å².